The van der Waals surface area contributed by atoms with Crippen molar-refractivity contribution in [3.63, 3.8) is 0 Å². The van der Waals surface area contributed by atoms with Crippen LogP contribution in [0.3, 0.4) is 0 Å². The summed E-state index contributed by atoms with van der Waals surface area (Å²) in [6.07, 6.45) is -0.849. The van der Waals surface area contributed by atoms with Gasteiger partial charge in [-0.2, -0.15) is 13.2 Å². The van der Waals surface area contributed by atoms with Gasteiger partial charge < -0.3 is 4.74 Å². The van der Waals surface area contributed by atoms with Crippen molar-refractivity contribution in [2.75, 3.05) is 6.61 Å². The van der Waals surface area contributed by atoms with Crippen LogP contribution < -0.4 is 5.32 Å². The van der Waals surface area contributed by atoms with E-state index < -0.39 is 24.1 Å². The number of nitrogens with one attached hydrogen (secondary N) is 1. The second-order valence-electron chi connectivity index (χ2n) is 5.65. The fourth-order valence-electron chi connectivity index (χ4n) is 2.69. The fraction of sp³-hybridized carbons (Fsp3) is 0.929. The number of hydrogen-bond donors (Lipinski definition) is 1. The van der Waals surface area contributed by atoms with E-state index in [1.165, 1.54) is 0 Å². The van der Waals surface area contributed by atoms with Crippen molar-refractivity contribution in [1.82, 2.24) is 5.32 Å². The van der Waals surface area contributed by atoms with Gasteiger partial charge in [-0.3, -0.25) is 10.1 Å². The van der Waals surface area contributed by atoms with Gasteiger partial charge in [-0.15, -0.1) is 0 Å². The van der Waals surface area contributed by atoms with E-state index in [-0.39, 0.29) is 25.5 Å². The molecule has 0 radical (unpaired) electrons. The van der Waals surface area contributed by atoms with Crippen molar-refractivity contribution in [3.8, 4) is 0 Å². The van der Waals surface area contributed by atoms with E-state index in [0.717, 1.165) is 25.7 Å². The Kier molecular flexibility index (Phi) is 6.30. The van der Waals surface area contributed by atoms with Gasteiger partial charge in [0.05, 0.1) is 6.61 Å². The molecule has 0 amide bonds. The number of alkyl halides is 3. The highest BCUT2D eigenvalue weighted by Crippen LogP contribution is 2.27. The highest BCUT2D eigenvalue weighted by molar-refractivity contribution is 5.80. The maximum Gasteiger partial charge on any atom is 0.389 e. The summed E-state index contributed by atoms with van der Waals surface area (Å²) in [7, 11) is 0. The fourth-order valence-corrected chi connectivity index (χ4v) is 2.69. The third-order valence-electron chi connectivity index (χ3n) is 3.74. The lowest BCUT2D eigenvalue weighted by Crippen LogP contribution is -2.54. The molecule has 0 aromatic rings. The monoisotopic (exact) mass is 295 g/mol. The lowest BCUT2D eigenvalue weighted by molar-refractivity contribution is -0.153. The molecule has 1 aliphatic carbocycles. The molecule has 0 bridgehead atoms. The predicted molar refractivity (Wildman–Crippen MR) is 70.3 cm³/mol. The van der Waals surface area contributed by atoms with Crippen molar-refractivity contribution < 1.29 is 22.7 Å². The van der Waals surface area contributed by atoms with Gasteiger partial charge in [0.15, 0.2) is 0 Å². The van der Waals surface area contributed by atoms with Crippen molar-refractivity contribution in [3.05, 3.63) is 0 Å². The van der Waals surface area contributed by atoms with Crippen LogP contribution >= 0.6 is 0 Å². The summed E-state index contributed by atoms with van der Waals surface area (Å²) in [6, 6.07) is 0.204. The Morgan fingerprint density at radius 1 is 1.25 bits per heavy atom. The molecule has 1 N–H and O–H groups in total. The Morgan fingerprint density at radius 2 is 1.85 bits per heavy atom. The first-order chi connectivity index (χ1) is 9.27. The van der Waals surface area contributed by atoms with Crippen LogP contribution in [0.4, 0.5) is 13.2 Å². The average molecular weight is 295 g/mol. The van der Waals surface area contributed by atoms with Gasteiger partial charge in [0.2, 0.25) is 0 Å². The molecule has 0 aromatic carbocycles. The van der Waals surface area contributed by atoms with E-state index >= 15 is 0 Å². The summed E-state index contributed by atoms with van der Waals surface area (Å²) in [5, 5.41) is 3.22. The van der Waals surface area contributed by atoms with Crippen LogP contribution in [0.2, 0.25) is 0 Å². The number of carbonyl (C=O) groups excluding carboxylic acids is 1. The molecule has 1 fully saturated rings. The number of rotatable bonds is 7. The lowest BCUT2D eigenvalue weighted by Gasteiger charge is -2.32. The Morgan fingerprint density at radius 3 is 2.35 bits per heavy atom. The summed E-state index contributed by atoms with van der Waals surface area (Å²) < 4.78 is 41.8. The highest BCUT2D eigenvalue weighted by Gasteiger charge is 2.38. The van der Waals surface area contributed by atoms with E-state index in [9.17, 15) is 18.0 Å². The Bertz CT molecular complexity index is 314. The van der Waals surface area contributed by atoms with Crippen molar-refractivity contribution in [2.45, 2.75) is 76.6 Å². The third-order valence-corrected chi connectivity index (χ3v) is 3.74. The average Bonchev–Trinajstić information content (AvgIpc) is 2.80. The molecule has 1 aliphatic rings. The topological polar surface area (TPSA) is 38.3 Å². The van der Waals surface area contributed by atoms with Crippen LogP contribution in [-0.2, 0) is 9.53 Å². The lowest BCUT2D eigenvalue weighted by atomic mass is 9.93. The first-order valence-electron chi connectivity index (χ1n) is 7.28. The number of hydrogen-bond acceptors (Lipinski definition) is 3. The summed E-state index contributed by atoms with van der Waals surface area (Å²) in [5.41, 5.74) is -1.02. The minimum absolute atomic E-state index is 0.0709. The van der Waals surface area contributed by atoms with Crippen LogP contribution in [-0.4, -0.2) is 30.3 Å². The maximum absolute atomic E-state index is 12.2. The van der Waals surface area contributed by atoms with Crippen LogP contribution in [0.1, 0.15) is 58.8 Å². The maximum atomic E-state index is 12.2. The molecule has 1 atom stereocenters. The zero-order valence-electron chi connectivity index (χ0n) is 12.2. The molecule has 6 heteroatoms. The predicted octanol–water partition coefficient (Wildman–Crippen LogP) is 3.57. The van der Waals surface area contributed by atoms with Crippen molar-refractivity contribution in [1.29, 1.82) is 0 Å². The van der Waals surface area contributed by atoms with Gasteiger partial charge >= 0.3 is 12.1 Å². The van der Waals surface area contributed by atoms with Crippen LogP contribution in [0.5, 0.6) is 0 Å². The molecule has 1 saturated carbocycles. The molecule has 0 saturated heterocycles. The first kappa shape index (κ1) is 17.3. The minimum Gasteiger partial charge on any atom is -0.465 e. The van der Waals surface area contributed by atoms with E-state index in [1.807, 2.05) is 0 Å². The Balaban J connectivity index is 2.59. The van der Waals surface area contributed by atoms with Crippen molar-refractivity contribution >= 4 is 5.97 Å². The molecular formula is C14H24F3NO2. The zero-order valence-corrected chi connectivity index (χ0v) is 12.2. The second kappa shape index (κ2) is 7.29. The number of ether oxygens (including phenoxy) is 1. The minimum atomic E-state index is -4.18. The van der Waals surface area contributed by atoms with E-state index in [1.54, 1.807) is 13.8 Å². The van der Waals surface area contributed by atoms with Gasteiger partial charge in [-0.1, -0.05) is 12.8 Å². The molecule has 1 unspecified atom stereocenters. The van der Waals surface area contributed by atoms with Gasteiger partial charge in [0, 0.05) is 12.5 Å². The molecule has 0 spiro atoms. The molecule has 0 heterocycles. The molecule has 0 aromatic heterocycles. The summed E-state index contributed by atoms with van der Waals surface area (Å²) >= 11 is 0. The second-order valence-corrected chi connectivity index (χ2v) is 5.65. The first-order valence-corrected chi connectivity index (χ1v) is 7.28. The number of carbonyl (C=O) groups is 1. The highest BCUT2D eigenvalue weighted by atomic mass is 19.4. The summed E-state index contributed by atoms with van der Waals surface area (Å²) in [6.45, 7) is 3.59. The SMILES string of the molecule is CCOC(=O)C(C)(CCCC(F)(F)F)NC1CCCC1. The van der Waals surface area contributed by atoms with Gasteiger partial charge in [0.1, 0.15) is 5.54 Å². The quantitative estimate of drug-likeness (QED) is 0.730. The van der Waals surface area contributed by atoms with E-state index in [2.05, 4.69) is 5.32 Å². The molecule has 20 heavy (non-hydrogen) atoms. The van der Waals surface area contributed by atoms with Gasteiger partial charge in [0.25, 0.3) is 0 Å². The zero-order chi connectivity index (χ0) is 15.2. The Labute approximate surface area is 118 Å². The molecule has 3 nitrogen and oxygen atoms in total. The van der Waals surface area contributed by atoms with Gasteiger partial charge in [-0.25, -0.2) is 0 Å². The molecular weight excluding hydrogens is 271 g/mol. The largest absolute Gasteiger partial charge is 0.465 e. The van der Waals surface area contributed by atoms with Gasteiger partial charge in [-0.05, 0) is 39.5 Å². The smallest absolute Gasteiger partial charge is 0.389 e. The normalized spacial score (nSPS) is 19.9. The van der Waals surface area contributed by atoms with E-state index in [4.69, 9.17) is 4.74 Å². The Hall–Kier alpha value is -0.780. The molecule has 118 valence electrons. The molecule has 1 rings (SSSR count). The number of halogens is 3. The number of esters is 1. The van der Waals surface area contributed by atoms with Crippen LogP contribution in [0, 0.1) is 0 Å². The van der Waals surface area contributed by atoms with E-state index in [0.29, 0.717) is 0 Å². The summed E-state index contributed by atoms with van der Waals surface area (Å²) in [5.74, 6) is -0.450. The summed E-state index contributed by atoms with van der Waals surface area (Å²) in [4.78, 5) is 12.0. The third kappa shape index (κ3) is 5.69. The standard InChI is InChI=1S/C14H24F3NO2/c1-3-20-12(19)13(2,9-6-10-14(15,16)17)18-11-7-4-5-8-11/h11,18H,3-10H2,1-2H3. The molecule has 0 aliphatic heterocycles. The van der Waals surface area contributed by atoms with Crippen LogP contribution in [0.25, 0.3) is 0 Å². The van der Waals surface area contributed by atoms with Crippen molar-refractivity contribution in [2.24, 2.45) is 0 Å². The van der Waals surface area contributed by atoms with Crippen LogP contribution in [0.15, 0.2) is 0 Å².